The summed E-state index contributed by atoms with van der Waals surface area (Å²) in [5.74, 6) is 0.907. The van der Waals surface area contributed by atoms with Crippen LogP contribution in [-0.2, 0) is 4.79 Å². The zero-order valence-electron chi connectivity index (χ0n) is 20.5. The lowest BCUT2D eigenvalue weighted by Gasteiger charge is -2.08. The number of H-pyrrole nitrogens is 2. The predicted octanol–water partition coefficient (Wildman–Crippen LogP) is 5.98. The molecule has 0 unspecified atom stereocenters. The van der Waals surface area contributed by atoms with Gasteiger partial charge < -0.3 is 10.3 Å². The van der Waals surface area contributed by atoms with E-state index < -0.39 is 0 Å². The third kappa shape index (κ3) is 4.47. The number of anilines is 1. The molecule has 10 heteroatoms. The fourth-order valence-electron chi connectivity index (χ4n) is 4.30. The van der Waals surface area contributed by atoms with Crippen LogP contribution in [0, 0.1) is 12.8 Å². The van der Waals surface area contributed by atoms with Crippen molar-refractivity contribution in [2.75, 3.05) is 5.32 Å². The molecule has 0 saturated carbocycles. The van der Waals surface area contributed by atoms with Gasteiger partial charge in [0.2, 0.25) is 5.91 Å². The van der Waals surface area contributed by atoms with E-state index in [1.807, 2.05) is 32.2 Å². The Bertz CT molecular complexity index is 1760. The minimum absolute atomic E-state index is 0.0314. The molecule has 9 nitrogen and oxygen atoms in total. The predicted molar refractivity (Wildman–Crippen MR) is 146 cm³/mol. The molecular weight excluding hydrogens is 484 g/mol. The van der Waals surface area contributed by atoms with E-state index in [0.717, 1.165) is 43.7 Å². The monoisotopic (exact) mass is 508 g/mol. The highest BCUT2D eigenvalue weighted by molar-refractivity contribution is 7.15. The van der Waals surface area contributed by atoms with Gasteiger partial charge in [0.1, 0.15) is 11.2 Å². The molecule has 184 valence electrons. The van der Waals surface area contributed by atoms with E-state index in [1.54, 1.807) is 36.1 Å². The summed E-state index contributed by atoms with van der Waals surface area (Å²) in [6.45, 7) is 6.12. The average Bonchev–Trinajstić information content (AvgIpc) is 3.60. The lowest BCUT2D eigenvalue weighted by molar-refractivity contribution is -0.116. The first kappa shape index (κ1) is 23.0. The maximum atomic E-state index is 12.2. The number of aromatic nitrogens is 7. The maximum absolute atomic E-state index is 12.2. The molecule has 0 fully saturated rings. The van der Waals surface area contributed by atoms with Gasteiger partial charge in [0.25, 0.3) is 0 Å². The van der Waals surface area contributed by atoms with Crippen LogP contribution in [0.1, 0.15) is 25.1 Å². The van der Waals surface area contributed by atoms with Gasteiger partial charge in [-0.05, 0) is 37.1 Å². The summed E-state index contributed by atoms with van der Waals surface area (Å²) in [5, 5.41) is 11.2. The normalized spacial score (nSPS) is 11.6. The van der Waals surface area contributed by atoms with Crippen molar-refractivity contribution in [1.29, 1.82) is 0 Å². The van der Waals surface area contributed by atoms with Crippen LogP contribution in [0.15, 0.2) is 55.2 Å². The molecule has 6 heterocycles. The Hall–Kier alpha value is -4.44. The Morgan fingerprint density at radius 3 is 2.70 bits per heavy atom. The fraction of sp³-hybridized carbons (Fsp3) is 0.185. The Morgan fingerprint density at radius 2 is 1.89 bits per heavy atom. The summed E-state index contributed by atoms with van der Waals surface area (Å²) in [6.07, 6.45) is 9.24. The molecule has 0 aliphatic rings. The molecule has 37 heavy (non-hydrogen) atoms. The number of carbonyl (C=O) groups excluding carboxylic acids is 1. The highest BCUT2D eigenvalue weighted by Crippen LogP contribution is 2.34. The van der Waals surface area contributed by atoms with Crippen molar-refractivity contribution >= 4 is 45.0 Å². The number of rotatable bonds is 6. The second kappa shape index (κ2) is 9.21. The molecule has 6 aromatic heterocycles. The molecule has 0 aromatic carbocycles. The van der Waals surface area contributed by atoms with Crippen LogP contribution < -0.4 is 5.32 Å². The highest BCUT2D eigenvalue weighted by atomic mass is 32.1. The average molecular weight is 509 g/mol. The molecule has 6 aromatic rings. The molecule has 0 aliphatic carbocycles. The van der Waals surface area contributed by atoms with E-state index in [9.17, 15) is 4.79 Å². The largest absolute Gasteiger partial charge is 0.335 e. The van der Waals surface area contributed by atoms with Gasteiger partial charge >= 0.3 is 0 Å². The Balaban J connectivity index is 1.38. The van der Waals surface area contributed by atoms with Crippen molar-refractivity contribution in [2.24, 2.45) is 5.92 Å². The van der Waals surface area contributed by atoms with Gasteiger partial charge in [0.05, 0.1) is 29.0 Å². The third-order valence-electron chi connectivity index (χ3n) is 6.00. The van der Waals surface area contributed by atoms with Crippen LogP contribution in [0.5, 0.6) is 0 Å². The standard InChI is InChI=1S/C27H24N8OS/c1-14(2)6-23(36)31-18-7-16(9-28-11-18)17-8-19-25(34-35-26(19)30-10-17)27-32-21-13-29-12-20(24(21)33-27)22-5-4-15(3)37-22/h4-5,7-14H,6H2,1-3H3,(H,31,36)(H,32,33)(H,30,34,35). The number of aryl methyl sites for hydroxylation is 1. The van der Waals surface area contributed by atoms with Crippen LogP contribution in [0.2, 0.25) is 0 Å². The molecule has 6 rings (SSSR count). The van der Waals surface area contributed by atoms with Crippen molar-refractivity contribution in [1.82, 2.24) is 35.1 Å². The van der Waals surface area contributed by atoms with Crippen LogP contribution >= 0.6 is 11.3 Å². The van der Waals surface area contributed by atoms with E-state index in [4.69, 9.17) is 4.98 Å². The summed E-state index contributed by atoms with van der Waals surface area (Å²) < 4.78 is 0. The second-order valence-electron chi connectivity index (χ2n) is 9.38. The topological polar surface area (TPSA) is 125 Å². The molecule has 1 amide bonds. The lowest BCUT2D eigenvalue weighted by atomic mass is 10.1. The van der Waals surface area contributed by atoms with E-state index in [2.05, 4.69) is 54.5 Å². The van der Waals surface area contributed by atoms with Gasteiger partial charge in [-0.25, -0.2) is 9.97 Å². The van der Waals surface area contributed by atoms with Crippen molar-refractivity contribution in [3.05, 3.63) is 60.1 Å². The molecule has 0 aliphatic heterocycles. The number of imidazole rings is 1. The zero-order chi connectivity index (χ0) is 25.5. The quantitative estimate of drug-likeness (QED) is 0.254. The number of carbonyl (C=O) groups is 1. The summed E-state index contributed by atoms with van der Waals surface area (Å²) in [6, 6.07) is 8.10. The number of nitrogens with one attached hydrogen (secondary N) is 3. The summed E-state index contributed by atoms with van der Waals surface area (Å²) in [7, 11) is 0. The summed E-state index contributed by atoms with van der Waals surface area (Å²) in [5.41, 5.74) is 6.36. The molecule has 0 radical (unpaired) electrons. The van der Waals surface area contributed by atoms with E-state index in [0.29, 0.717) is 23.6 Å². The zero-order valence-corrected chi connectivity index (χ0v) is 21.3. The number of nitrogens with zero attached hydrogens (tertiary/aromatic N) is 5. The lowest BCUT2D eigenvalue weighted by Crippen LogP contribution is -2.13. The van der Waals surface area contributed by atoms with Crippen molar-refractivity contribution in [3.8, 4) is 33.1 Å². The minimum atomic E-state index is -0.0314. The van der Waals surface area contributed by atoms with Crippen molar-refractivity contribution in [3.63, 3.8) is 0 Å². The van der Waals surface area contributed by atoms with Crippen LogP contribution in [0.4, 0.5) is 5.69 Å². The first-order valence-electron chi connectivity index (χ1n) is 11.9. The number of amides is 1. The SMILES string of the molecule is Cc1ccc(-c2cncc3[nH]c(-c4[nH]nc5ncc(-c6cncc(NC(=O)CC(C)C)c6)cc45)nc23)s1. The van der Waals surface area contributed by atoms with Gasteiger partial charge in [0, 0.05) is 51.5 Å². The van der Waals surface area contributed by atoms with E-state index in [1.165, 1.54) is 4.88 Å². The first-order chi connectivity index (χ1) is 17.9. The number of aromatic amines is 2. The van der Waals surface area contributed by atoms with Crippen molar-refractivity contribution in [2.45, 2.75) is 27.2 Å². The van der Waals surface area contributed by atoms with Gasteiger partial charge in [-0.2, -0.15) is 5.10 Å². The molecule has 0 atom stereocenters. The summed E-state index contributed by atoms with van der Waals surface area (Å²) >= 11 is 1.72. The van der Waals surface area contributed by atoms with Crippen molar-refractivity contribution < 1.29 is 4.79 Å². The maximum Gasteiger partial charge on any atom is 0.224 e. The molecular formula is C27H24N8OS. The first-order valence-corrected chi connectivity index (χ1v) is 12.8. The molecule has 0 saturated heterocycles. The highest BCUT2D eigenvalue weighted by Gasteiger charge is 2.17. The second-order valence-corrected chi connectivity index (χ2v) is 10.7. The number of thiophene rings is 1. The number of fused-ring (bicyclic) bond motifs is 2. The van der Waals surface area contributed by atoms with Crippen LogP contribution in [0.3, 0.4) is 0 Å². The number of pyridine rings is 3. The number of hydrogen-bond acceptors (Lipinski definition) is 7. The molecule has 3 N–H and O–H groups in total. The fourth-order valence-corrected chi connectivity index (χ4v) is 5.18. The molecule has 0 bridgehead atoms. The van der Waals surface area contributed by atoms with E-state index in [-0.39, 0.29) is 11.8 Å². The Kier molecular flexibility index (Phi) is 5.72. The Morgan fingerprint density at radius 1 is 1.05 bits per heavy atom. The van der Waals surface area contributed by atoms with E-state index >= 15 is 0 Å². The van der Waals surface area contributed by atoms with Gasteiger partial charge in [-0.1, -0.05) is 13.8 Å². The van der Waals surface area contributed by atoms with Gasteiger partial charge in [0.15, 0.2) is 11.5 Å². The smallest absolute Gasteiger partial charge is 0.224 e. The summed E-state index contributed by atoms with van der Waals surface area (Å²) in [4.78, 5) is 36.2. The van der Waals surface area contributed by atoms with Gasteiger partial charge in [-0.15, -0.1) is 11.3 Å². The molecule has 0 spiro atoms. The van der Waals surface area contributed by atoms with Crippen LogP contribution in [0.25, 0.3) is 55.2 Å². The van der Waals surface area contributed by atoms with Gasteiger partial charge in [-0.3, -0.25) is 19.9 Å². The Labute approximate surface area is 216 Å². The number of hydrogen-bond donors (Lipinski definition) is 3. The minimum Gasteiger partial charge on any atom is -0.335 e. The third-order valence-corrected chi connectivity index (χ3v) is 7.03. The van der Waals surface area contributed by atoms with Crippen LogP contribution in [-0.4, -0.2) is 41.0 Å².